The summed E-state index contributed by atoms with van der Waals surface area (Å²) >= 11 is 0. The maximum atomic E-state index is 11.9. The monoisotopic (exact) mass is 316 g/mol. The van der Waals surface area contributed by atoms with E-state index in [4.69, 9.17) is 14.2 Å². The van der Waals surface area contributed by atoms with Gasteiger partial charge in [-0.2, -0.15) is 0 Å². The van der Waals surface area contributed by atoms with Crippen LogP contribution in [0.25, 0.3) is 0 Å². The average Bonchev–Trinajstić information content (AvgIpc) is 2.40. The standard InChI is InChI=1S/C16H32N2O4/c1-8-21-13-9-12(18-15(19)22-16(4,5)6)14(13)17-10(2)11(3)20-7/h10-14,17H,8-9H2,1-7H3,(H,18,19). The van der Waals surface area contributed by atoms with Gasteiger partial charge >= 0.3 is 6.09 Å². The van der Waals surface area contributed by atoms with Crippen molar-refractivity contribution in [3.63, 3.8) is 0 Å². The summed E-state index contributed by atoms with van der Waals surface area (Å²) in [5.74, 6) is 0. The van der Waals surface area contributed by atoms with Gasteiger partial charge in [-0.25, -0.2) is 4.79 Å². The number of methoxy groups -OCH3 is 1. The molecule has 6 heteroatoms. The van der Waals surface area contributed by atoms with Crippen molar-refractivity contribution in [2.45, 2.75) is 83.9 Å². The normalized spacial score (nSPS) is 27.7. The Morgan fingerprint density at radius 1 is 1.32 bits per heavy atom. The van der Waals surface area contributed by atoms with Crippen LogP contribution >= 0.6 is 0 Å². The predicted octanol–water partition coefficient (Wildman–Crippen LogP) is 2.07. The Hall–Kier alpha value is -0.850. The van der Waals surface area contributed by atoms with Gasteiger partial charge in [-0.15, -0.1) is 0 Å². The summed E-state index contributed by atoms with van der Waals surface area (Å²) in [4.78, 5) is 11.9. The lowest BCUT2D eigenvalue weighted by molar-refractivity contribution is -0.0520. The molecular formula is C16H32N2O4. The molecule has 0 spiro atoms. The molecule has 2 N–H and O–H groups in total. The minimum atomic E-state index is -0.492. The van der Waals surface area contributed by atoms with Crippen LogP contribution in [0.15, 0.2) is 0 Å². The number of rotatable bonds is 7. The molecule has 5 atom stereocenters. The molecule has 1 rings (SSSR count). The lowest BCUT2D eigenvalue weighted by Gasteiger charge is -2.46. The van der Waals surface area contributed by atoms with Crippen molar-refractivity contribution in [1.82, 2.24) is 10.6 Å². The SMILES string of the molecule is CCOC1CC(NC(=O)OC(C)(C)C)C1NC(C)C(C)OC. The molecule has 6 nitrogen and oxygen atoms in total. The molecule has 0 heterocycles. The molecule has 0 radical (unpaired) electrons. The molecule has 0 aromatic carbocycles. The third-order valence-electron chi connectivity index (χ3n) is 3.93. The van der Waals surface area contributed by atoms with E-state index in [1.54, 1.807) is 7.11 Å². The second-order valence-corrected chi connectivity index (χ2v) is 6.90. The fraction of sp³-hybridized carbons (Fsp3) is 0.938. The van der Waals surface area contributed by atoms with Gasteiger partial charge in [0.1, 0.15) is 5.60 Å². The number of hydrogen-bond acceptors (Lipinski definition) is 5. The van der Waals surface area contributed by atoms with Crippen LogP contribution in [0.3, 0.4) is 0 Å². The predicted molar refractivity (Wildman–Crippen MR) is 86.0 cm³/mol. The van der Waals surface area contributed by atoms with E-state index in [0.29, 0.717) is 6.61 Å². The average molecular weight is 316 g/mol. The zero-order valence-electron chi connectivity index (χ0n) is 14.9. The first-order valence-corrected chi connectivity index (χ1v) is 8.08. The zero-order chi connectivity index (χ0) is 16.9. The van der Waals surface area contributed by atoms with Crippen molar-refractivity contribution in [2.24, 2.45) is 0 Å². The third-order valence-corrected chi connectivity index (χ3v) is 3.93. The Morgan fingerprint density at radius 2 is 1.95 bits per heavy atom. The number of hydrogen-bond donors (Lipinski definition) is 2. The Morgan fingerprint density at radius 3 is 2.45 bits per heavy atom. The van der Waals surface area contributed by atoms with E-state index in [9.17, 15) is 4.79 Å². The van der Waals surface area contributed by atoms with Gasteiger partial charge in [0.15, 0.2) is 0 Å². The lowest BCUT2D eigenvalue weighted by Crippen LogP contribution is -2.68. The van der Waals surface area contributed by atoms with Crippen LogP contribution in [0.4, 0.5) is 4.79 Å². The molecule has 0 aromatic rings. The summed E-state index contributed by atoms with van der Waals surface area (Å²) in [6, 6.07) is 0.249. The van der Waals surface area contributed by atoms with Gasteiger partial charge in [-0.3, -0.25) is 0 Å². The summed E-state index contributed by atoms with van der Waals surface area (Å²) in [5, 5.41) is 6.43. The summed E-state index contributed by atoms with van der Waals surface area (Å²) in [6.45, 7) is 12.3. The first kappa shape index (κ1) is 19.2. The molecular weight excluding hydrogens is 284 g/mol. The molecule has 0 aromatic heterocycles. The summed E-state index contributed by atoms with van der Waals surface area (Å²) in [7, 11) is 1.69. The summed E-state index contributed by atoms with van der Waals surface area (Å²) < 4.78 is 16.4. The van der Waals surface area contributed by atoms with Crippen molar-refractivity contribution >= 4 is 6.09 Å². The Bertz CT molecular complexity index is 357. The molecule has 130 valence electrons. The van der Waals surface area contributed by atoms with Crippen LogP contribution in [0.1, 0.15) is 48.0 Å². The number of ether oxygens (including phenoxy) is 3. The Balaban J connectivity index is 2.57. The molecule has 0 bridgehead atoms. The van der Waals surface area contributed by atoms with Crippen molar-refractivity contribution in [3.8, 4) is 0 Å². The van der Waals surface area contributed by atoms with Crippen molar-refractivity contribution < 1.29 is 19.0 Å². The number of alkyl carbamates (subject to hydrolysis) is 1. The van der Waals surface area contributed by atoms with E-state index < -0.39 is 5.60 Å². The van der Waals surface area contributed by atoms with Crippen LogP contribution in [0.5, 0.6) is 0 Å². The highest BCUT2D eigenvalue weighted by Crippen LogP contribution is 2.26. The fourth-order valence-corrected chi connectivity index (χ4v) is 2.47. The zero-order valence-corrected chi connectivity index (χ0v) is 14.9. The summed E-state index contributed by atoms with van der Waals surface area (Å²) in [6.07, 6.45) is 0.604. The number of carbonyl (C=O) groups is 1. The topological polar surface area (TPSA) is 68.8 Å². The quantitative estimate of drug-likeness (QED) is 0.752. The fourth-order valence-electron chi connectivity index (χ4n) is 2.47. The molecule has 0 aliphatic heterocycles. The van der Waals surface area contributed by atoms with E-state index in [2.05, 4.69) is 17.6 Å². The molecule has 1 saturated carbocycles. The van der Waals surface area contributed by atoms with E-state index in [-0.39, 0.29) is 36.4 Å². The molecule has 1 aliphatic carbocycles. The van der Waals surface area contributed by atoms with Gasteiger partial charge in [-0.1, -0.05) is 0 Å². The van der Waals surface area contributed by atoms with E-state index in [0.717, 1.165) is 6.42 Å². The summed E-state index contributed by atoms with van der Waals surface area (Å²) in [5.41, 5.74) is -0.492. The van der Waals surface area contributed by atoms with Gasteiger partial charge in [0.05, 0.1) is 24.3 Å². The Kier molecular flexibility index (Phi) is 7.09. The number of carbonyl (C=O) groups excluding carboxylic acids is 1. The van der Waals surface area contributed by atoms with Crippen molar-refractivity contribution in [1.29, 1.82) is 0 Å². The molecule has 0 saturated heterocycles. The number of nitrogens with one attached hydrogen (secondary N) is 2. The highest BCUT2D eigenvalue weighted by molar-refractivity contribution is 5.68. The largest absolute Gasteiger partial charge is 0.444 e. The van der Waals surface area contributed by atoms with Crippen LogP contribution in [0, 0.1) is 0 Å². The van der Waals surface area contributed by atoms with Gasteiger partial charge < -0.3 is 24.8 Å². The molecule has 22 heavy (non-hydrogen) atoms. The maximum Gasteiger partial charge on any atom is 0.407 e. The van der Waals surface area contributed by atoms with Gasteiger partial charge in [0, 0.05) is 19.8 Å². The van der Waals surface area contributed by atoms with Crippen LogP contribution in [-0.4, -0.2) is 55.7 Å². The van der Waals surface area contributed by atoms with E-state index in [1.165, 1.54) is 0 Å². The minimum absolute atomic E-state index is 0.0120. The molecule has 1 amide bonds. The van der Waals surface area contributed by atoms with Crippen LogP contribution in [-0.2, 0) is 14.2 Å². The van der Waals surface area contributed by atoms with Crippen molar-refractivity contribution in [3.05, 3.63) is 0 Å². The van der Waals surface area contributed by atoms with Crippen molar-refractivity contribution in [2.75, 3.05) is 13.7 Å². The number of amides is 1. The first-order valence-electron chi connectivity index (χ1n) is 8.08. The second-order valence-electron chi connectivity index (χ2n) is 6.90. The van der Waals surface area contributed by atoms with E-state index >= 15 is 0 Å². The smallest absolute Gasteiger partial charge is 0.407 e. The second kappa shape index (κ2) is 8.13. The van der Waals surface area contributed by atoms with E-state index in [1.807, 2.05) is 34.6 Å². The third kappa shape index (κ3) is 5.74. The maximum absolute atomic E-state index is 11.9. The van der Waals surface area contributed by atoms with Gasteiger partial charge in [0.2, 0.25) is 0 Å². The molecule has 5 unspecified atom stereocenters. The minimum Gasteiger partial charge on any atom is -0.444 e. The van der Waals surface area contributed by atoms with Gasteiger partial charge in [-0.05, 0) is 48.0 Å². The van der Waals surface area contributed by atoms with Crippen LogP contribution in [0.2, 0.25) is 0 Å². The van der Waals surface area contributed by atoms with Crippen LogP contribution < -0.4 is 10.6 Å². The lowest BCUT2D eigenvalue weighted by atomic mass is 9.82. The highest BCUT2D eigenvalue weighted by Gasteiger charge is 2.44. The first-order chi connectivity index (χ1) is 10.2. The molecule has 1 fully saturated rings. The van der Waals surface area contributed by atoms with Gasteiger partial charge in [0.25, 0.3) is 0 Å². The molecule has 1 aliphatic rings. The Labute approximate surface area is 134 Å². The highest BCUT2D eigenvalue weighted by atomic mass is 16.6.